The van der Waals surface area contributed by atoms with Crippen LogP contribution in [0, 0.1) is 0 Å². The highest BCUT2D eigenvalue weighted by molar-refractivity contribution is 5.77. The molecular weight excluding hydrogens is 659 g/mol. The summed E-state index contributed by atoms with van der Waals surface area (Å²) in [6.07, 6.45) is 43.2. The number of ether oxygens (including phenoxy) is 1. The molecule has 0 radical (unpaired) electrons. The van der Waals surface area contributed by atoms with Crippen molar-refractivity contribution in [2.24, 2.45) is 0 Å². The maximum atomic E-state index is 13.1. The van der Waals surface area contributed by atoms with Crippen LogP contribution >= 0.6 is 0 Å². The van der Waals surface area contributed by atoms with Gasteiger partial charge in [-0.1, -0.05) is 226 Å². The van der Waals surface area contributed by atoms with E-state index in [2.05, 4.69) is 26.1 Å². The van der Waals surface area contributed by atoms with Gasteiger partial charge in [0.1, 0.15) is 6.10 Å². The average molecular weight is 752 g/mol. The molecule has 3 atom stereocenters. The van der Waals surface area contributed by atoms with Gasteiger partial charge in [-0.2, -0.15) is 0 Å². The van der Waals surface area contributed by atoms with E-state index in [1.165, 1.54) is 173 Å². The van der Waals surface area contributed by atoms with Crippen LogP contribution in [-0.4, -0.2) is 46.9 Å². The molecule has 0 heterocycles. The predicted octanol–water partition coefficient (Wildman–Crippen LogP) is 13.6. The average Bonchev–Trinajstić information content (AvgIpc) is 3.15. The zero-order valence-corrected chi connectivity index (χ0v) is 35.9. The first kappa shape index (κ1) is 51.9. The van der Waals surface area contributed by atoms with E-state index in [9.17, 15) is 19.8 Å². The van der Waals surface area contributed by atoms with Crippen LogP contribution in [0.4, 0.5) is 0 Å². The highest BCUT2D eigenvalue weighted by atomic mass is 16.5. The molecule has 0 fully saturated rings. The molecule has 0 aliphatic heterocycles. The molecular formula is C47H93NO5. The van der Waals surface area contributed by atoms with Gasteiger partial charge < -0.3 is 20.3 Å². The Hall–Kier alpha value is -1.14. The van der Waals surface area contributed by atoms with Gasteiger partial charge in [0, 0.05) is 6.42 Å². The minimum absolute atomic E-state index is 0.0853. The van der Waals surface area contributed by atoms with Crippen molar-refractivity contribution in [2.45, 2.75) is 283 Å². The molecule has 3 N–H and O–H groups in total. The maximum absolute atomic E-state index is 13.1. The van der Waals surface area contributed by atoms with Gasteiger partial charge >= 0.3 is 5.97 Å². The van der Waals surface area contributed by atoms with E-state index in [0.717, 1.165) is 44.9 Å². The molecule has 0 spiro atoms. The van der Waals surface area contributed by atoms with Crippen molar-refractivity contribution in [2.75, 3.05) is 6.61 Å². The molecule has 0 aliphatic rings. The third-order valence-corrected chi connectivity index (χ3v) is 11.2. The largest absolute Gasteiger partial charge is 0.462 e. The Labute approximate surface area is 330 Å². The van der Waals surface area contributed by atoms with Crippen LogP contribution in [0.5, 0.6) is 0 Å². The molecule has 6 nitrogen and oxygen atoms in total. The summed E-state index contributed by atoms with van der Waals surface area (Å²) in [4.78, 5) is 25.8. The van der Waals surface area contributed by atoms with Crippen LogP contribution in [-0.2, 0) is 14.3 Å². The number of amides is 1. The smallest absolute Gasteiger partial charge is 0.306 e. The van der Waals surface area contributed by atoms with Crippen molar-refractivity contribution < 1.29 is 24.5 Å². The van der Waals surface area contributed by atoms with Crippen molar-refractivity contribution in [1.29, 1.82) is 0 Å². The molecule has 1 amide bonds. The lowest BCUT2D eigenvalue weighted by Crippen LogP contribution is -2.46. The predicted molar refractivity (Wildman–Crippen MR) is 227 cm³/mol. The summed E-state index contributed by atoms with van der Waals surface area (Å²) in [5.41, 5.74) is 0. The zero-order chi connectivity index (χ0) is 38.9. The van der Waals surface area contributed by atoms with E-state index in [1.54, 1.807) is 0 Å². The Morgan fingerprint density at radius 3 is 1.15 bits per heavy atom. The van der Waals surface area contributed by atoms with E-state index in [-0.39, 0.29) is 24.9 Å². The molecule has 0 bridgehead atoms. The molecule has 53 heavy (non-hydrogen) atoms. The van der Waals surface area contributed by atoms with Crippen LogP contribution in [0.3, 0.4) is 0 Å². The van der Waals surface area contributed by atoms with Gasteiger partial charge in [0.15, 0.2) is 0 Å². The third kappa shape index (κ3) is 37.6. The topological polar surface area (TPSA) is 95.9 Å². The van der Waals surface area contributed by atoms with Crippen LogP contribution in [0.1, 0.15) is 265 Å². The minimum atomic E-state index is -0.777. The van der Waals surface area contributed by atoms with Gasteiger partial charge in [-0.3, -0.25) is 9.59 Å². The summed E-state index contributed by atoms with van der Waals surface area (Å²) in [5.74, 6) is -0.465. The van der Waals surface area contributed by atoms with Gasteiger partial charge in [0.2, 0.25) is 5.91 Å². The van der Waals surface area contributed by atoms with E-state index in [1.807, 2.05) is 0 Å². The van der Waals surface area contributed by atoms with Gasteiger partial charge in [0.25, 0.3) is 0 Å². The summed E-state index contributed by atoms with van der Waals surface area (Å²) in [6, 6.07) is -0.690. The van der Waals surface area contributed by atoms with Crippen molar-refractivity contribution >= 4 is 11.9 Å². The molecule has 0 aromatic carbocycles. The number of aliphatic hydroxyl groups is 2. The Morgan fingerprint density at radius 1 is 0.472 bits per heavy atom. The standard InChI is InChI=1S/C47H93NO5/c1-4-7-10-13-16-18-20-21-22-23-24-25-26-27-30-33-36-39-45(50)44(42-49)48-46(51)41-43(38-35-32-29-15-12-9-6-3)53-47(52)40-37-34-31-28-19-17-14-11-8-5-2/h43-45,49-50H,4-42H2,1-3H3,(H,48,51). The Bertz CT molecular complexity index is 761. The molecule has 0 saturated carbocycles. The van der Waals surface area contributed by atoms with Gasteiger partial charge in [0.05, 0.1) is 25.2 Å². The highest BCUT2D eigenvalue weighted by Gasteiger charge is 2.24. The lowest BCUT2D eigenvalue weighted by Gasteiger charge is -2.24. The number of nitrogens with one attached hydrogen (secondary N) is 1. The Balaban J connectivity index is 4.30. The number of hydrogen-bond acceptors (Lipinski definition) is 5. The summed E-state index contributed by atoms with van der Waals surface area (Å²) < 4.78 is 5.87. The van der Waals surface area contributed by atoms with E-state index in [4.69, 9.17) is 4.74 Å². The summed E-state index contributed by atoms with van der Waals surface area (Å²) in [6.45, 7) is 6.45. The molecule has 0 aliphatic carbocycles. The van der Waals surface area contributed by atoms with Crippen LogP contribution in [0.25, 0.3) is 0 Å². The SMILES string of the molecule is CCCCCCCCCCCCCCCCCCCC(O)C(CO)NC(=O)CC(CCCCCCCCC)OC(=O)CCCCCCCCCCCC. The number of rotatable bonds is 43. The first-order chi connectivity index (χ1) is 26.0. The maximum Gasteiger partial charge on any atom is 0.306 e. The molecule has 316 valence electrons. The molecule has 0 saturated heterocycles. The summed E-state index contributed by atoms with van der Waals surface area (Å²) in [5, 5.41) is 23.6. The number of carbonyl (C=O) groups is 2. The van der Waals surface area contributed by atoms with Gasteiger partial charge in [-0.05, 0) is 25.7 Å². The normalized spacial score (nSPS) is 13.2. The Morgan fingerprint density at radius 2 is 0.792 bits per heavy atom. The van der Waals surface area contributed by atoms with Crippen LogP contribution in [0.2, 0.25) is 0 Å². The molecule has 6 heteroatoms. The number of unbranched alkanes of at least 4 members (excludes halogenated alkanes) is 31. The van der Waals surface area contributed by atoms with Crippen molar-refractivity contribution in [3.63, 3.8) is 0 Å². The second-order valence-electron chi connectivity index (χ2n) is 16.5. The molecule has 0 aromatic rings. The fourth-order valence-electron chi connectivity index (χ4n) is 7.55. The van der Waals surface area contributed by atoms with Gasteiger partial charge in [-0.15, -0.1) is 0 Å². The molecule has 3 unspecified atom stereocenters. The number of carbonyl (C=O) groups excluding carboxylic acids is 2. The minimum Gasteiger partial charge on any atom is -0.462 e. The second kappa shape index (κ2) is 42.0. The quantitative estimate of drug-likeness (QED) is 0.0426. The van der Waals surface area contributed by atoms with Crippen molar-refractivity contribution in [3.8, 4) is 0 Å². The first-order valence-corrected chi connectivity index (χ1v) is 23.8. The van der Waals surface area contributed by atoms with Crippen molar-refractivity contribution in [3.05, 3.63) is 0 Å². The second-order valence-corrected chi connectivity index (χ2v) is 16.5. The van der Waals surface area contributed by atoms with Crippen LogP contribution < -0.4 is 5.32 Å². The summed E-state index contributed by atoms with van der Waals surface area (Å²) in [7, 11) is 0. The number of hydrogen-bond donors (Lipinski definition) is 3. The molecule has 0 aromatic heterocycles. The monoisotopic (exact) mass is 752 g/mol. The third-order valence-electron chi connectivity index (χ3n) is 11.2. The lowest BCUT2D eigenvalue weighted by atomic mass is 10.0. The number of aliphatic hydroxyl groups excluding tert-OH is 2. The lowest BCUT2D eigenvalue weighted by molar-refractivity contribution is -0.151. The number of esters is 1. The van der Waals surface area contributed by atoms with Crippen molar-refractivity contribution in [1.82, 2.24) is 5.32 Å². The van der Waals surface area contributed by atoms with E-state index in [0.29, 0.717) is 19.3 Å². The zero-order valence-electron chi connectivity index (χ0n) is 35.9. The molecule has 0 rings (SSSR count). The Kier molecular flexibility index (Phi) is 41.1. The first-order valence-electron chi connectivity index (χ1n) is 23.8. The van der Waals surface area contributed by atoms with Crippen LogP contribution in [0.15, 0.2) is 0 Å². The fraction of sp³-hybridized carbons (Fsp3) is 0.957. The summed E-state index contributed by atoms with van der Waals surface area (Å²) >= 11 is 0. The van der Waals surface area contributed by atoms with Gasteiger partial charge in [-0.25, -0.2) is 0 Å². The van der Waals surface area contributed by atoms with E-state index < -0.39 is 18.2 Å². The highest BCUT2D eigenvalue weighted by Crippen LogP contribution is 2.18. The van der Waals surface area contributed by atoms with E-state index >= 15 is 0 Å². The fourth-order valence-corrected chi connectivity index (χ4v) is 7.55.